The Bertz CT molecular complexity index is 940. The number of piperazine rings is 1. The number of amides is 1. The Labute approximate surface area is 155 Å². The first-order chi connectivity index (χ1) is 13.3. The second-order valence-electron chi connectivity index (χ2n) is 6.85. The minimum atomic E-state index is -0.0646. The van der Waals surface area contributed by atoms with Gasteiger partial charge in [0.15, 0.2) is 11.5 Å². The topological polar surface area (TPSA) is 93.2 Å². The van der Waals surface area contributed by atoms with Gasteiger partial charge < -0.3 is 14.3 Å². The van der Waals surface area contributed by atoms with Gasteiger partial charge in [-0.25, -0.2) is 14.6 Å². The predicted molar refractivity (Wildman–Crippen MR) is 95.7 cm³/mol. The molecule has 0 spiro atoms. The van der Waals surface area contributed by atoms with Crippen LogP contribution in [0.3, 0.4) is 0 Å². The third kappa shape index (κ3) is 3.16. The van der Waals surface area contributed by atoms with E-state index in [1.54, 1.807) is 23.3 Å². The zero-order valence-corrected chi connectivity index (χ0v) is 14.7. The summed E-state index contributed by atoms with van der Waals surface area (Å²) in [5.41, 5.74) is 0.411. The van der Waals surface area contributed by atoms with Gasteiger partial charge in [-0.2, -0.15) is 5.10 Å². The quantitative estimate of drug-likeness (QED) is 0.691. The van der Waals surface area contributed by atoms with Gasteiger partial charge >= 0.3 is 0 Å². The highest BCUT2D eigenvalue weighted by molar-refractivity contribution is 5.92. The summed E-state index contributed by atoms with van der Waals surface area (Å²) in [6.07, 6.45) is 7.35. The molecule has 2 aliphatic rings. The molecule has 2 fully saturated rings. The van der Waals surface area contributed by atoms with E-state index in [2.05, 4.69) is 25.1 Å². The van der Waals surface area contributed by atoms with Crippen LogP contribution in [0.1, 0.15) is 35.0 Å². The maximum Gasteiger partial charge on any atom is 0.276 e. The Kier molecular flexibility index (Phi) is 3.84. The van der Waals surface area contributed by atoms with Gasteiger partial charge in [0, 0.05) is 56.6 Å². The van der Waals surface area contributed by atoms with Gasteiger partial charge in [-0.05, 0) is 18.9 Å². The molecule has 0 radical (unpaired) electrons. The SMILES string of the molecule is O=C(c1cc(C2CC2)on1)N1CCN(c2cc(-n3cccn3)ncn2)CC1. The van der Waals surface area contributed by atoms with Crippen molar-refractivity contribution in [2.75, 3.05) is 31.1 Å². The lowest BCUT2D eigenvalue weighted by atomic mass is 10.2. The average molecular weight is 365 g/mol. The molecule has 3 aromatic rings. The van der Waals surface area contributed by atoms with E-state index in [1.807, 2.05) is 23.2 Å². The molecule has 9 heteroatoms. The number of anilines is 1. The molecule has 0 bridgehead atoms. The molecule has 5 rings (SSSR count). The Morgan fingerprint density at radius 1 is 1.07 bits per heavy atom. The zero-order valence-electron chi connectivity index (χ0n) is 14.7. The van der Waals surface area contributed by atoms with Crippen molar-refractivity contribution in [3.8, 4) is 5.82 Å². The summed E-state index contributed by atoms with van der Waals surface area (Å²) in [5.74, 6) is 2.78. The molecule has 4 heterocycles. The first-order valence-electron chi connectivity index (χ1n) is 9.11. The van der Waals surface area contributed by atoms with Crippen molar-refractivity contribution >= 4 is 11.7 Å². The van der Waals surface area contributed by atoms with Crippen molar-refractivity contribution in [3.63, 3.8) is 0 Å². The van der Waals surface area contributed by atoms with Gasteiger partial charge in [-0.15, -0.1) is 0 Å². The molecule has 1 saturated carbocycles. The van der Waals surface area contributed by atoms with Gasteiger partial charge in [-0.3, -0.25) is 4.79 Å². The maximum atomic E-state index is 12.7. The lowest BCUT2D eigenvalue weighted by Gasteiger charge is -2.35. The number of aromatic nitrogens is 5. The van der Waals surface area contributed by atoms with Crippen LogP contribution < -0.4 is 4.90 Å². The van der Waals surface area contributed by atoms with Gasteiger partial charge in [0.1, 0.15) is 17.9 Å². The molecule has 1 aliphatic carbocycles. The first-order valence-corrected chi connectivity index (χ1v) is 9.11. The molecule has 0 N–H and O–H groups in total. The monoisotopic (exact) mass is 365 g/mol. The van der Waals surface area contributed by atoms with E-state index in [1.165, 1.54) is 0 Å². The average Bonchev–Trinajstić information content (AvgIpc) is 3.22. The summed E-state index contributed by atoms with van der Waals surface area (Å²) in [5, 5.41) is 8.16. The molecule has 27 heavy (non-hydrogen) atoms. The lowest BCUT2D eigenvalue weighted by Crippen LogP contribution is -2.49. The highest BCUT2D eigenvalue weighted by atomic mass is 16.5. The summed E-state index contributed by atoms with van der Waals surface area (Å²) in [6.45, 7) is 2.64. The van der Waals surface area contributed by atoms with E-state index >= 15 is 0 Å². The summed E-state index contributed by atoms with van der Waals surface area (Å²) in [6, 6.07) is 5.56. The zero-order chi connectivity index (χ0) is 18.2. The molecular formula is C18H19N7O2. The number of carbonyl (C=O) groups is 1. The van der Waals surface area contributed by atoms with Crippen molar-refractivity contribution in [2.24, 2.45) is 0 Å². The van der Waals surface area contributed by atoms with Gasteiger partial charge in [-0.1, -0.05) is 5.16 Å². The smallest absolute Gasteiger partial charge is 0.276 e. The molecule has 0 aromatic carbocycles. The Balaban J connectivity index is 1.24. The van der Waals surface area contributed by atoms with Gasteiger partial charge in [0.25, 0.3) is 5.91 Å². The highest BCUT2D eigenvalue weighted by Crippen LogP contribution is 2.40. The third-order valence-electron chi connectivity index (χ3n) is 5.00. The van der Waals surface area contributed by atoms with Crippen molar-refractivity contribution in [1.82, 2.24) is 29.8 Å². The van der Waals surface area contributed by atoms with E-state index in [4.69, 9.17) is 4.52 Å². The largest absolute Gasteiger partial charge is 0.360 e. The Hall–Kier alpha value is -3.23. The van der Waals surface area contributed by atoms with Crippen molar-refractivity contribution in [2.45, 2.75) is 18.8 Å². The summed E-state index contributed by atoms with van der Waals surface area (Å²) in [7, 11) is 0. The molecule has 1 amide bonds. The Morgan fingerprint density at radius 3 is 2.63 bits per heavy atom. The van der Waals surface area contributed by atoms with Crippen LogP contribution in [0.25, 0.3) is 5.82 Å². The number of rotatable bonds is 4. The summed E-state index contributed by atoms with van der Waals surface area (Å²) >= 11 is 0. The van der Waals surface area contributed by atoms with E-state index in [0.717, 1.165) is 30.2 Å². The number of hydrogen-bond acceptors (Lipinski definition) is 7. The normalized spacial score (nSPS) is 17.3. The molecule has 1 aliphatic heterocycles. The molecule has 9 nitrogen and oxygen atoms in total. The summed E-state index contributed by atoms with van der Waals surface area (Å²) in [4.78, 5) is 25.3. The van der Waals surface area contributed by atoms with E-state index in [0.29, 0.717) is 37.8 Å². The van der Waals surface area contributed by atoms with Crippen molar-refractivity contribution in [1.29, 1.82) is 0 Å². The van der Waals surface area contributed by atoms with Crippen LogP contribution >= 0.6 is 0 Å². The fourth-order valence-electron chi connectivity index (χ4n) is 3.29. The van der Waals surface area contributed by atoms with Crippen molar-refractivity contribution in [3.05, 3.63) is 48.4 Å². The van der Waals surface area contributed by atoms with Crippen LogP contribution in [0.5, 0.6) is 0 Å². The molecule has 138 valence electrons. The highest BCUT2D eigenvalue weighted by Gasteiger charge is 2.30. The van der Waals surface area contributed by atoms with Gasteiger partial charge in [0.2, 0.25) is 0 Å². The second-order valence-corrected chi connectivity index (χ2v) is 6.85. The molecular weight excluding hydrogens is 346 g/mol. The lowest BCUT2D eigenvalue weighted by molar-refractivity contribution is 0.0736. The second kappa shape index (κ2) is 6.49. The molecule has 0 unspecified atom stereocenters. The van der Waals surface area contributed by atoms with Crippen LogP contribution in [0.4, 0.5) is 5.82 Å². The van der Waals surface area contributed by atoms with Gasteiger partial charge in [0.05, 0.1) is 0 Å². The predicted octanol–water partition coefficient (Wildman–Crippen LogP) is 1.49. The minimum absolute atomic E-state index is 0.0646. The van der Waals surface area contributed by atoms with E-state index in [9.17, 15) is 4.79 Å². The van der Waals surface area contributed by atoms with E-state index in [-0.39, 0.29) is 5.91 Å². The fourth-order valence-corrected chi connectivity index (χ4v) is 3.29. The van der Waals surface area contributed by atoms with Crippen LogP contribution in [0.15, 0.2) is 41.4 Å². The number of nitrogens with zero attached hydrogens (tertiary/aromatic N) is 7. The fraction of sp³-hybridized carbons (Fsp3) is 0.389. The minimum Gasteiger partial charge on any atom is -0.360 e. The third-order valence-corrected chi connectivity index (χ3v) is 5.00. The summed E-state index contributed by atoms with van der Waals surface area (Å²) < 4.78 is 7.01. The maximum absolute atomic E-state index is 12.7. The first kappa shape index (κ1) is 16.0. The standard InChI is InChI=1S/C18H19N7O2/c26-18(14-10-15(27-22-14)13-2-3-13)24-8-6-23(7-9-24)16-11-17(20-12-19-16)25-5-1-4-21-25/h1,4-5,10-13H,2-3,6-9H2. The van der Waals surface area contributed by atoms with E-state index < -0.39 is 0 Å². The van der Waals surface area contributed by atoms with Crippen molar-refractivity contribution < 1.29 is 9.32 Å². The number of hydrogen-bond donors (Lipinski definition) is 0. The molecule has 1 saturated heterocycles. The van der Waals surface area contributed by atoms with Crippen LogP contribution in [-0.4, -0.2) is 61.9 Å². The van der Waals surface area contributed by atoms with Crippen LogP contribution in [0, 0.1) is 0 Å². The number of carbonyl (C=O) groups excluding carboxylic acids is 1. The molecule has 3 aromatic heterocycles. The molecule has 0 atom stereocenters. The van der Waals surface area contributed by atoms with Crippen LogP contribution in [-0.2, 0) is 0 Å². The van der Waals surface area contributed by atoms with Crippen LogP contribution in [0.2, 0.25) is 0 Å². The Morgan fingerprint density at radius 2 is 1.89 bits per heavy atom.